The molecule has 0 aliphatic carbocycles. The Morgan fingerprint density at radius 3 is 2.62 bits per heavy atom. The Hall–Kier alpha value is -2.93. The second-order valence-corrected chi connectivity index (χ2v) is 8.99. The maximum Gasteiger partial charge on any atom is 0.247 e. The minimum Gasteiger partial charge on any atom is -0.447 e. The largest absolute Gasteiger partial charge is 0.447 e. The van der Waals surface area contributed by atoms with Crippen molar-refractivity contribution in [2.45, 2.75) is 58.3 Å². The van der Waals surface area contributed by atoms with E-state index in [-0.39, 0.29) is 5.91 Å². The molecular formula is C25H28N4O2S. The molecule has 3 aromatic rings. The maximum absolute atomic E-state index is 13.3. The summed E-state index contributed by atoms with van der Waals surface area (Å²) in [6, 6.07) is 13.9. The number of nitrogens with zero attached hydrogens (tertiary/aromatic N) is 4. The SMILES string of the molecule is CCCCSc1nnc2c(n1)OC(c1ccccc1)N(C(=O)CC)c1c(C)cc(C)cc1-2. The lowest BCUT2D eigenvalue weighted by Gasteiger charge is -2.31. The fourth-order valence-electron chi connectivity index (χ4n) is 3.91. The first-order chi connectivity index (χ1) is 15.5. The van der Waals surface area contributed by atoms with Crippen molar-refractivity contribution in [1.29, 1.82) is 0 Å². The third-order valence-electron chi connectivity index (χ3n) is 5.42. The highest BCUT2D eigenvalue weighted by Crippen LogP contribution is 2.45. The van der Waals surface area contributed by atoms with Gasteiger partial charge in [0.15, 0.2) is 5.69 Å². The van der Waals surface area contributed by atoms with E-state index in [9.17, 15) is 4.79 Å². The molecule has 1 aromatic heterocycles. The highest BCUT2D eigenvalue weighted by molar-refractivity contribution is 7.99. The van der Waals surface area contributed by atoms with Gasteiger partial charge in [-0.05, 0) is 31.9 Å². The number of carbonyl (C=O) groups is 1. The number of hydrogen-bond acceptors (Lipinski definition) is 6. The number of carbonyl (C=O) groups excluding carboxylic acids is 1. The first-order valence-corrected chi connectivity index (χ1v) is 12.0. The number of amides is 1. The van der Waals surface area contributed by atoms with E-state index in [1.165, 1.54) is 0 Å². The van der Waals surface area contributed by atoms with E-state index < -0.39 is 6.23 Å². The molecule has 1 atom stereocenters. The summed E-state index contributed by atoms with van der Waals surface area (Å²) in [6.07, 6.45) is 1.90. The monoisotopic (exact) mass is 448 g/mol. The Bertz CT molecular complexity index is 1120. The number of benzene rings is 2. The molecule has 0 spiro atoms. The van der Waals surface area contributed by atoms with Gasteiger partial charge in [-0.25, -0.2) is 0 Å². The summed E-state index contributed by atoms with van der Waals surface area (Å²) in [5, 5.41) is 9.49. The quantitative estimate of drug-likeness (QED) is 0.346. The summed E-state index contributed by atoms with van der Waals surface area (Å²) in [7, 11) is 0. The van der Waals surface area contributed by atoms with E-state index >= 15 is 0 Å². The van der Waals surface area contributed by atoms with E-state index in [0.29, 0.717) is 23.2 Å². The van der Waals surface area contributed by atoms with Crippen LogP contribution < -0.4 is 9.64 Å². The average Bonchev–Trinajstić information content (AvgIpc) is 2.94. The van der Waals surface area contributed by atoms with Gasteiger partial charge in [0, 0.05) is 23.3 Å². The zero-order valence-electron chi connectivity index (χ0n) is 19.0. The highest BCUT2D eigenvalue weighted by Gasteiger charge is 2.36. The lowest BCUT2D eigenvalue weighted by Crippen LogP contribution is -2.37. The Kier molecular flexibility index (Phi) is 6.74. The lowest BCUT2D eigenvalue weighted by atomic mass is 10.00. The van der Waals surface area contributed by atoms with Gasteiger partial charge in [-0.3, -0.25) is 9.69 Å². The summed E-state index contributed by atoms with van der Waals surface area (Å²) in [5.41, 5.74) is 5.14. The fourth-order valence-corrected chi connectivity index (χ4v) is 4.78. The number of aromatic nitrogens is 3. The number of aryl methyl sites for hydroxylation is 2. The molecule has 166 valence electrons. The van der Waals surface area contributed by atoms with Crippen molar-refractivity contribution in [2.75, 3.05) is 10.7 Å². The number of thioether (sulfide) groups is 1. The molecule has 32 heavy (non-hydrogen) atoms. The molecule has 1 unspecified atom stereocenters. The fraction of sp³-hybridized carbons (Fsp3) is 0.360. The van der Waals surface area contributed by atoms with Crippen LogP contribution >= 0.6 is 11.8 Å². The molecule has 0 radical (unpaired) electrons. The van der Waals surface area contributed by atoms with Crippen LogP contribution in [0.2, 0.25) is 0 Å². The lowest BCUT2D eigenvalue weighted by molar-refractivity contribution is -0.120. The molecule has 0 saturated heterocycles. The van der Waals surface area contributed by atoms with Crippen LogP contribution in [0.1, 0.15) is 56.0 Å². The van der Waals surface area contributed by atoms with E-state index in [4.69, 9.17) is 9.72 Å². The summed E-state index contributed by atoms with van der Waals surface area (Å²) < 4.78 is 6.48. The Balaban J connectivity index is 1.93. The Morgan fingerprint density at radius 2 is 1.91 bits per heavy atom. The van der Waals surface area contributed by atoms with Crippen LogP contribution in [0.25, 0.3) is 11.3 Å². The minimum absolute atomic E-state index is 0.0228. The third kappa shape index (κ3) is 4.35. The number of rotatable bonds is 6. The Morgan fingerprint density at radius 1 is 1.12 bits per heavy atom. The first-order valence-electron chi connectivity index (χ1n) is 11.1. The zero-order valence-corrected chi connectivity index (χ0v) is 19.8. The van der Waals surface area contributed by atoms with E-state index in [2.05, 4.69) is 23.2 Å². The summed E-state index contributed by atoms with van der Waals surface area (Å²) in [4.78, 5) is 19.8. The van der Waals surface area contributed by atoms with Gasteiger partial charge < -0.3 is 4.74 Å². The molecule has 7 heteroatoms. The number of fused-ring (bicyclic) bond motifs is 3. The van der Waals surface area contributed by atoms with Gasteiger partial charge in [-0.2, -0.15) is 4.98 Å². The second kappa shape index (κ2) is 9.69. The summed E-state index contributed by atoms with van der Waals surface area (Å²) >= 11 is 1.58. The van der Waals surface area contributed by atoms with Crippen LogP contribution in [0, 0.1) is 13.8 Å². The van der Waals surface area contributed by atoms with Crippen molar-refractivity contribution in [3.05, 3.63) is 59.2 Å². The molecule has 1 aliphatic rings. The number of ether oxygens (including phenoxy) is 1. The predicted octanol–water partition coefficient (Wildman–Crippen LogP) is 5.88. The van der Waals surface area contributed by atoms with Crippen molar-refractivity contribution in [2.24, 2.45) is 0 Å². The van der Waals surface area contributed by atoms with E-state index in [0.717, 1.165) is 46.5 Å². The van der Waals surface area contributed by atoms with E-state index in [1.54, 1.807) is 16.7 Å². The second-order valence-electron chi connectivity index (χ2n) is 7.93. The van der Waals surface area contributed by atoms with Crippen LogP contribution in [0.3, 0.4) is 0 Å². The molecule has 1 amide bonds. The van der Waals surface area contributed by atoms with Crippen LogP contribution in [0.4, 0.5) is 5.69 Å². The molecule has 4 rings (SSSR count). The molecule has 0 saturated carbocycles. The van der Waals surface area contributed by atoms with Gasteiger partial charge in [0.25, 0.3) is 0 Å². The normalized spacial score (nSPS) is 14.9. The summed E-state index contributed by atoms with van der Waals surface area (Å²) in [5.74, 6) is 1.31. The average molecular weight is 449 g/mol. The molecular weight excluding hydrogens is 420 g/mol. The molecule has 6 nitrogen and oxygen atoms in total. The molecule has 0 N–H and O–H groups in total. The highest BCUT2D eigenvalue weighted by atomic mass is 32.2. The van der Waals surface area contributed by atoms with Crippen LogP contribution in [0.5, 0.6) is 5.88 Å². The third-order valence-corrected chi connectivity index (χ3v) is 6.34. The number of hydrogen-bond donors (Lipinski definition) is 0. The van der Waals surface area contributed by atoms with E-state index in [1.807, 2.05) is 57.2 Å². The van der Waals surface area contributed by atoms with Gasteiger partial charge in [0.05, 0.1) is 5.69 Å². The summed E-state index contributed by atoms with van der Waals surface area (Å²) in [6.45, 7) is 8.08. The van der Waals surface area contributed by atoms with Crippen LogP contribution in [-0.2, 0) is 4.79 Å². The van der Waals surface area contributed by atoms with Crippen molar-refractivity contribution >= 4 is 23.4 Å². The smallest absolute Gasteiger partial charge is 0.247 e. The maximum atomic E-state index is 13.3. The van der Waals surface area contributed by atoms with Gasteiger partial charge in [0.2, 0.25) is 23.2 Å². The van der Waals surface area contributed by atoms with Crippen molar-refractivity contribution in [3.8, 4) is 17.1 Å². The number of anilines is 1. The van der Waals surface area contributed by atoms with Crippen molar-refractivity contribution in [3.63, 3.8) is 0 Å². The standard InChI is InChI=1S/C25H28N4O2S/c1-5-7-13-32-25-26-23-21(27-28-25)19-15-16(3)14-17(4)22(19)29(20(30)6-2)24(31-23)18-11-9-8-10-12-18/h8-12,14-15,24H,5-7,13H2,1-4H3. The van der Waals surface area contributed by atoms with Gasteiger partial charge >= 0.3 is 0 Å². The number of unbranched alkanes of at least 4 members (excludes halogenated alkanes) is 1. The molecule has 0 fully saturated rings. The topological polar surface area (TPSA) is 68.2 Å². The first kappa shape index (κ1) is 22.3. The Labute approximate surface area is 193 Å². The minimum atomic E-state index is -0.643. The molecule has 0 bridgehead atoms. The zero-order chi connectivity index (χ0) is 22.7. The predicted molar refractivity (Wildman–Crippen MR) is 128 cm³/mol. The van der Waals surface area contributed by atoms with Crippen molar-refractivity contribution < 1.29 is 9.53 Å². The van der Waals surface area contributed by atoms with Crippen molar-refractivity contribution in [1.82, 2.24) is 15.2 Å². The van der Waals surface area contributed by atoms with Gasteiger partial charge in [0.1, 0.15) is 0 Å². The van der Waals surface area contributed by atoms with Gasteiger partial charge in [-0.15, -0.1) is 10.2 Å². The van der Waals surface area contributed by atoms with Crippen LogP contribution in [0.15, 0.2) is 47.6 Å². The van der Waals surface area contributed by atoms with Crippen LogP contribution in [-0.4, -0.2) is 26.8 Å². The van der Waals surface area contributed by atoms with Gasteiger partial charge in [-0.1, -0.05) is 74.0 Å². The molecule has 2 heterocycles. The molecule has 2 aromatic carbocycles. The molecule has 1 aliphatic heterocycles.